The molecule has 0 fully saturated rings. The molecule has 2 aromatic heterocycles. The zero-order chi connectivity index (χ0) is 20.8. The number of hydrogen-bond acceptors (Lipinski definition) is 4. The molecule has 11 heteroatoms. The van der Waals surface area contributed by atoms with Crippen molar-refractivity contribution in [1.82, 2.24) is 9.78 Å². The predicted molar refractivity (Wildman–Crippen MR) is 107 cm³/mol. The maximum absolute atomic E-state index is 13.7. The van der Waals surface area contributed by atoms with Gasteiger partial charge in [-0.2, -0.15) is 18.3 Å². The van der Waals surface area contributed by atoms with Crippen molar-refractivity contribution in [2.75, 3.05) is 10.6 Å². The molecular formula is C18H13Cl2F3N4OS. The quantitative estimate of drug-likeness (QED) is 0.491. The largest absolute Gasteiger partial charge is 0.410 e. The standard InChI is InChI=1S/C18H13Cl2F3N4OS/c19-10-4-3-9(6-11(10)20)24-17(28)13-8-16-25-12(14-2-1-5-29-14)7-15(18(21,22)23)27(16)26-13/h1-6,8,12,15,25H,7H2,(H,24,28)/t12-,15+/m1/s1. The van der Waals surface area contributed by atoms with Crippen LogP contribution in [-0.2, 0) is 0 Å². The Bertz CT molecular complexity index is 1050. The number of benzene rings is 1. The van der Waals surface area contributed by atoms with Crippen LogP contribution in [0.25, 0.3) is 0 Å². The Morgan fingerprint density at radius 3 is 2.69 bits per heavy atom. The number of fused-ring (bicyclic) bond motifs is 1. The summed E-state index contributed by atoms with van der Waals surface area (Å²) in [5.41, 5.74) is 0.215. The van der Waals surface area contributed by atoms with Crippen LogP contribution >= 0.6 is 34.5 Å². The Hall–Kier alpha value is -2.23. The Morgan fingerprint density at radius 2 is 2.03 bits per heavy atom. The van der Waals surface area contributed by atoms with Crippen LogP contribution in [-0.4, -0.2) is 21.9 Å². The summed E-state index contributed by atoms with van der Waals surface area (Å²) in [6, 6.07) is 7.00. The molecule has 0 saturated heterocycles. The van der Waals surface area contributed by atoms with Crippen LogP contribution in [0.15, 0.2) is 41.8 Å². The third-order valence-electron chi connectivity index (χ3n) is 4.49. The van der Waals surface area contributed by atoms with Crippen molar-refractivity contribution < 1.29 is 18.0 Å². The molecule has 5 nitrogen and oxygen atoms in total. The zero-order valence-electron chi connectivity index (χ0n) is 14.5. The SMILES string of the molecule is O=C(Nc1ccc(Cl)c(Cl)c1)c1cc2n(n1)[C@H](C(F)(F)F)C[C@H](c1cccs1)N2. The van der Waals surface area contributed by atoms with Gasteiger partial charge in [0.2, 0.25) is 0 Å². The highest BCUT2D eigenvalue weighted by atomic mass is 35.5. The summed E-state index contributed by atoms with van der Waals surface area (Å²) in [7, 11) is 0. The van der Waals surface area contributed by atoms with E-state index in [1.165, 1.54) is 35.6 Å². The van der Waals surface area contributed by atoms with Gasteiger partial charge in [0.25, 0.3) is 5.91 Å². The average Bonchev–Trinajstić information content (AvgIpc) is 3.32. The summed E-state index contributed by atoms with van der Waals surface area (Å²) < 4.78 is 41.8. The summed E-state index contributed by atoms with van der Waals surface area (Å²) in [5.74, 6) is -0.517. The number of amides is 1. The first kappa shape index (κ1) is 20.1. The van der Waals surface area contributed by atoms with Crippen molar-refractivity contribution >= 4 is 52.0 Å². The summed E-state index contributed by atoms with van der Waals surface area (Å²) in [5, 5.41) is 11.9. The van der Waals surface area contributed by atoms with Crippen LogP contribution in [0.5, 0.6) is 0 Å². The van der Waals surface area contributed by atoms with Crippen molar-refractivity contribution in [3.05, 3.63) is 62.4 Å². The molecule has 4 rings (SSSR count). The van der Waals surface area contributed by atoms with Crippen LogP contribution < -0.4 is 10.6 Å². The number of halogens is 5. The number of aromatic nitrogens is 2. The van der Waals surface area contributed by atoms with Gasteiger partial charge in [0.15, 0.2) is 11.7 Å². The zero-order valence-corrected chi connectivity index (χ0v) is 16.8. The number of hydrogen-bond donors (Lipinski definition) is 2. The number of anilines is 2. The van der Waals surface area contributed by atoms with E-state index in [1.807, 2.05) is 5.38 Å². The minimum Gasteiger partial charge on any atom is -0.363 e. The maximum Gasteiger partial charge on any atom is 0.410 e. The molecule has 1 aliphatic heterocycles. The van der Waals surface area contributed by atoms with E-state index in [1.54, 1.807) is 12.1 Å². The van der Waals surface area contributed by atoms with Crippen LogP contribution in [0.3, 0.4) is 0 Å². The van der Waals surface area contributed by atoms with E-state index in [2.05, 4.69) is 15.7 Å². The molecule has 29 heavy (non-hydrogen) atoms. The predicted octanol–water partition coefficient (Wildman–Crippen LogP) is 6.16. The van der Waals surface area contributed by atoms with Gasteiger partial charge in [-0.15, -0.1) is 11.3 Å². The van der Waals surface area contributed by atoms with Gasteiger partial charge < -0.3 is 10.6 Å². The molecule has 1 amide bonds. The molecule has 0 aliphatic carbocycles. The minimum absolute atomic E-state index is 0.135. The van der Waals surface area contributed by atoms with Crippen LogP contribution in [0.2, 0.25) is 10.0 Å². The van der Waals surface area contributed by atoms with Crippen LogP contribution in [0.1, 0.15) is 33.9 Å². The van der Waals surface area contributed by atoms with Gasteiger partial charge in [0.1, 0.15) is 5.82 Å². The molecule has 2 N–H and O–H groups in total. The van der Waals surface area contributed by atoms with Gasteiger partial charge in [-0.3, -0.25) is 4.79 Å². The fraction of sp³-hybridized carbons (Fsp3) is 0.222. The lowest BCUT2D eigenvalue weighted by molar-refractivity contribution is -0.173. The molecule has 152 valence electrons. The molecule has 1 aromatic carbocycles. The van der Waals surface area contributed by atoms with E-state index in [9.17, 15) is 18.0 Å². The van der Waals surface area contributed by atoms with Gasteiger partial charge in [0.05, 0.1) is 16.1 Å². The number of thiophene rings is 1. The fourth-order valence-electron chi connectivity index (χ4n) is 3.13. The van der Waals surface area contributed by atoms with Crippen molar-refractivity contribution in [2.45, 2.75) is 24.7 Å². The molecule has 2 atom stereocenters. The maximum atomic E-state index is 13.7. The van der Waals surface area contributed by atoms with E-state index < -0.39 is 24.2 Å². The lowest BCUT2D eigenvalue weighted by atomic mass is 10.0. The highest BCUT2D eigenvalue weighted by Gasteiger charge is 2.47. The number of alkyl halides is 3. The number of nitrogens with one attached hydrogen (secondary N) is 2. The molecule has 3 aromatic rings. The highest BCUT2D eigenvalue weighted by molar-refractivity contribution is 7.10. The van der Waals surface area contributed by atoms with Crippen molar-refractivity contribution in [3.63, 3.8) is 0 Å². The summed E-state index contributed by atoms with van der Waals surface area (Å²) in [6.07, 6.45) is -4.72. The number of nitrogens with zero attached hydrogens (tertiary/aromatic N) is 2. The van der Waals surface area contributed by atoms with Crippen LogP contribution in [0.4, 0.5) is 24.7 Å². The van der Waals surface area contributed by atoms with Crippen LogP contribution in [0, 0.1) is 0 Å². The molecule has 0 radical (unpaired) electrons. The topological polar surface area (TPSA) is 59.0 Å². The Kier molecular flexibility index (Phi) is 5.22. The van der Waals surface area contributed by atoms with Gasteiger partial charge in [-0.05, 0) is 29.6 Å². The van der Waals surface area contributed by atoms with E-state index in [0.717, 1.165) is 9.56 Å². The number of carbonyl (C=O) groups is 1. The lowest BCUT2D eigenvalue weighted by Crippen LogP contribution is -2.35. The van der Waals surface area contributed by atoms with Gasteiger partial charge >= 0.3 is 6.18 Å². The number of rotatable bonds is 3. The second kappa shape index (κ2) is 7.55. The fourth-order valence-corrected chi connectivity index (χ4v) is 4.22. The van der Waals surface area contributed by atoms with E-state index in [4.69, 9.17) is 23.2 Å². The first-order chi connectivity index (χ1) is 13.7. The molecule has 3 heterocycles. The average molecular weight is 461 g/mol. The lowest BCUT2D eigenvalue weighted by Gasteiger charge is -2.32. The Balaban J connectivity index is 1.63. The third-order valence-corrected chi connectivity index (χ3v) is 6.21. The van der Waals surface area contributed by atoms with Crippen molar-refractivity contribution in [3.8, 4) is 0 Å². The molecule has 0 unspecified atom stereocenters. The minimum atomic E-state index is -4.50. The normalized spacial score (nSPS) is 18.8. The molecule has 0 saturated carbocycles. The molecule has 0 spiro atoms. The molecular weight excluding hydrogens is 448 g/mol. The third kappa shape index (κ3) is 4.08. The van der Waals surface area contributed by atoms with Gasteiger partial charge in [-0.1, -0.05) is 29.3 Å². The van der Waals surface area contributed by atoms with Gasteiger partial charge in [0, 0.05) is 23.1 Å². The Labute approximate surface area is 177 Å². The van der Waals surface area contributed by atoms with E-state index >= 15 is 0 Å². The van der Waals surface area contributed by atoms with E-state index in [0.29, 0.717) is 10.7 Å². The monoisotopic (exact) mass is 460 g/mol. The van der Waals surface area contributed by atoms with E-state index in [-0.39, 0.29) is 23.0 Å². The smallest absolute Gasteiger partial charge is 0.363 e. The van der Waals surface area contributed by atoms with Crippen molar-refractivity contribution in [2.24, 2.45) is 0 Å². The summed E-state index contributed by atoms with van der Waals surface area (Å²) >= 11 is 13.1. The molecule has 0 bridgehead atoms. The second-order valence-electron chi connectivity index (χ2n) is 6.45. The Morgan fingerprint density at radius 1 is 1.24 bits per heavy atom. The highest BCUT2D eigenvalue weighted by Crippen LogP contribution is 2.44. The van der Waals surface area contributed by atoms with Crippen molar-refractivity contribution in [1.29, 1.82) is 0 Å². The summed E-state index contributed by atoms with van der Waals surface area (Å²) in [4.78, 5) is 13.3. The first-order valence-electron chi connectivity index (χ1n) is 8.45. The summed E-state index contributed by atoms with van der Waals surface area (Å²) in [6.45, 7) is 0. The van der Waals surface area contributed by atoms with Gasteiger partial charge in [-0.25, -0.2) is 4.68 Å². The number of carbonyl (C=O) groups excluding carboxylic acids is 1. The second-order valence-corrected chi connectivity index (χ2v) is 8.24. The first-order valence-corrected chi connectivity index (χ1v) is 10.1. The molecule has 1 aliphatic rings.